The first-order chi connectivity index (χ1) is 8.17. The summed E-state index contributed by atoms with van der Waals surface area (Å²) in [5.41, 5.74) is 6.19. The van der Waals surface area contributed by atoms with Crippen LogP contribution in [0.4, 0.5) is 5.69 Å². The van der Waals surface area contributed by atoms with Gasteiger partial charge in [0, 0.05) is 18.2 Å². The Labute approximate surface area is 102 Å². The van der Waals surface area contributed by atoms with E-state index in [0.29, 0.717) is 13.2 Å². The van der Waals surface area contributed by atoms with Crippen molar-refractivity contribution in [2.75, 3.05) is 18.5 Å². The molecule has 94 valence electrons. The molecule has 0 saturated heterocycles. The number of hydrogen-bond acceptors (Lipinski definition) is 3. The van der Waals surface area contributed by atoms with Crippen molar-refractivity contribution in [3.05, 3.63) is 24.3 Å². The first-order valence-corrected chi connectivity index (χ1v) is 5.91. The van der Waals surface area contributed by atoms with Crippen LogP contribution in [0.5, 0.6) is 5.75 Å². The molecule has 1 unspecified atom stereocenters. The Balaban J connectivity index is 2.53. The van der Waals surface area contributed by atoms with Gasteiger partial charge in [-0.3, -0.25) is 4.79 Å². The second-order valence-electron chi connectivity index (χ2n) is 4.00. The van der Waals surface area contributed by atoms with Crippen molar-refractivity contribution >= 4 is 11.6 Å². The van der Waals surface area contributed by atoms with Gasteiger partial charge in [-0.15, -0.1) is 0 Å². The van der Waals surface area contributed by atoms with Gasteiger partial charge in [0.1, 0.15) is 5.75 Å². The molecule has 1 amide bonds. The second-order valence-corrected chi connectivity index (χ2v) is 4.00. The highest BCUT2D eigenvalue weighted by Gasteiger charge is 2.10. The van der Waals surface area contributed by atoms with Crippen LogP contribution in [0.25, 0.3) is 0 Å². The average Bonchev–Trinajstić information content (AvgIpc) is 2.37. The fraction of sp³-hybridized carbons (Fsp3) is 0.462. The number of rotatable bonds is 6. The third-order valence-electron chi connectivity index (χ3n) is 2.40. The summed E-state index contributed by atoms with van der Waals surface area (Å²) in [6, 6.07) is 7.34. The zero-order valence-corrected chi connectivity index (χ0v) is 10.4. The van der Waals surface area contributed by atoms with E-state index >= 15 is 0 Å². The zero-order valence-electron chi connectivity index (χ0n) is 10.4. The molecule has 17 heavy (non-hydrogen) atoms. The predicted molar refractivity (Wildman–Crippen MR) is 69.1 cm³/mol. The number of carbonyl (C=O) groups excluding carboxylic acids is 1. The summed E-state index contributed by atoms with van der Waals surface area (Å²) in [5.74, 6) is 0.581. The molecular formula is C13H20N2O2. The molecule has 0 fully saturated rings. The number of anilines is 1. The van der Waals surface area contributed by atoms with Crippen molar-refractivity contribution < 1.29 is 9.53 Å². The average molecular weight is 236 g/mol. The number of hydrogen-bond donors (Lipinski definition) is 2. The molecule has 0 aliphatic heterocycles. The highest BCUT2D eigenvalue weighted by Crippen LogP contribution is 2.16. The number of ether oxygens (including phenoxy) is 1. The molecular weight excluding hydrogens is 216 g/mol. The Hall–Kier alpha value is -1.55. The van der Waals surface area contributed by atoms with Crippen LogP contribution >= 0.6 is 0 Å². The minimum absolute atomic E-state index is 0.0604. The minimum Gasteiger partial charge on any atom is -0.494 e. The smallest absolute Gasteiger partial charge is 0.228 e. The van der Waals surface area contributed by atoms with Gasteiger partial charge in [0.25, 0.3) is 0 Å². The van der Waals surface area contributed by atoms with Gasteiger partial charge in [-0.2, -0.15) is 0 Å². The molecule has 0 saturated carbocycles. The number of nitrogens with two attached hydrogens (primary N) is 1. The fourth-order valence-corrected chi connectivity index (χ4v) is 1.23. The Morgan fingerprint density at radius 1 is 1.41 bits per heavy atom. The lowest BCUT2D eigenvalue weighted by molar-refractivity contribution is -0.119. The van der Waals surface area contributed by atoms with Crippen molar-refractivity contribution in [3.8, 4) is 5.75 Å². The van der Waals surface area contributed by atoms with Crippen molar-refractivity contribution in [1.82, 2.24) is 0 Å². The third kappa shape index (κ3) is 4.44. The standard InChI is InChI=1S/C13H20N2O2/c1-3-8-17-12-6-4-11(5-7-12)15-13(16)10(2)9-14/h4-7,10H,3,8-9,14H2,1-2H3,(H,15,16). The van der Waals surface area contributed by atoms with E-state index in [1.54, 1.807) is 6.92 Å². The maximum Gasteiger partial charge on any atom is 0.228 e. The van der Waals surface area contributed by atoms with Gasteiger partial charge in [-0.25, -0.2) is 0 Å². The lowest BCUT2D eigenvalue weighted by atomic mass is 10.1. The molecule has 0 radical (unpaired) electrons. The highest BCUT2D eigenvalue weighted by atomic mass is 16.5. The van der Waals surface area contributed by atoms with Crippen molar-refractivity contribution in [1.29, 1.82) is 0 Å². The molecule has 1 rings (SSSR count). The van der Waals surface area contributed by atoms with Gasteiger partial charge in [-0.1, -0.05) is 13.8 Å². The molecule has 1 atom stereocenters. The third-order valence-corrected chi connectivity index (χ3v) is 2.40. The van der Waals surface area contributed by atoms with E-state index in [4.69, 9.17) is 10.5 Å². The molecule has 4 nitrogen and oxygen atoms in total. The van der Waals surface area contributed by atoms with Gasteiger partial charge in [0.2, 0.25) is 5.91 Å². The van der Waals surface area contributed by atoms with Gasteiger partial charge < -0.3 is 15.8 Å². The molecule has 3 N–H and O–H groups in total. The van der Waals surface area contributed by atoms with Crippen LogP contribution in [0, 0.1) is 5.92 Å². The quantitative estimate of drug-likeness (QED) is 0.794. The lowest BCUT2D eigenvalue weighted by Gasteiger charge is -2.10. The molecule has 1 aromatic rings. The molecule has 1 aromatic carbocycles. The Morgan fingerprint density at radius 3 is 2.59 bits per heavy atom. The van der Waals surface area contributed by atoms with Crippen LogP contribution in [0.1, 0.15) is 20.3 Å². The molecule has 0 heterocycles. The van der Waals surface area contributed by atoms with E-state index in [1.807, 2.05) is 24.3 Å². The monoisotopic (exact) mass is 236 g/mol. The van der Waals surface area contributed by atoms with E-state index in [9.17, 15) is 4.79 Å². The summed E-state index contributed by atoms with van der Waals surface area (Å²) >= 11 is 0. The van der Waals surface area contributed by atoms with E-state index in [1.165, 1.54) is 0 Å². The van der Waals surface area contributed by atoms with Gasteiger partial charge in [-0.05, 0) is 30.7 Å². The van der Waals surface area contributed by atoms with Crippen LogP contribution in [-0.2, 0) is 4.79 Å². The highest BCUT2D eigenvalue weighted by molar-refractivity contribution is 5.92. The van der Waals surface area contributed by atoms with Gasteiger partial charge >= 0.3 is 0 Å². The van der Waals surface area contributed by atoms with Crippen LogP contribution in [0.15, 0.2) is 24.3 Å². The fourth-order valence-electron chi connectivity index (χ4n) is 1.23. The normalized spacial score (nSPS) is 11.9. The summed E-state index contributed by atoms with van der Waals surface area (Å²) in [6.45, 7) is 4.91. The van der Waals surface area contributed by atoms with Crippen LogP contribution < -0.4 is 15.8 Å². The minimum atomic E-state index is -0.175. The van der Waals surface area contributed by atoms with Crippen molar-refractivity contribution in [2.24, 2.45) is 11.7 Å². The SMILES string of the molecule is CCCOc1ccc(NC(=O)C(C)CN)cc1. The van der Waals surface area contributed by atoms with Crippen molar-refractivity contribution in [3.63, 3.8) is 0 Å². The number of benzene rings is 1. The van der Waals surface area contributed by atoms with E-state index in [0.717, 1.165) is 17.9 Å². The maximum atomic E-state index is 11.6. The summed E-state index contributed by atoms with van der Waals surface area (Å²) in [7, 11) is 0. The Kier molecular flexibility index (Phi) is 5.49. The first-order valence-electron chi connectivity index (χ1n) is 5.91. The van der Waals surface area contributed by atoms with Gasteiger partial charge in [0.05, 0.1) is 6.61 Å². The van der Waals surface area contributed by atoms with E-state index in [-0.39, 0.29) is 11.8 Å². The number of amides is 1. The molecule has 0 aliphatic carbocycles. The summed E-state index contributed by atoms with van der Waals surface area (Å²) in [5, 5.41) is 2.80. The molecule has 0 aromatic heterocycles. The van der Waals surface area contributed by atoms with Gasteiger partial charge in [0.15, 0.2) is 0 Å². The van der Waals surface area contributed by atoms with Crippen LogP contribution in [-0.4, -0.2) is 19.1 Å². The van der Waals surface area contributed by atoms with E-state index in [2.05, 4.69) is 12.2 Å². The predicted octanol–water partition coefficient (Wildman–Crippen LogP) is 2.01. The van der Waals surface area contributed by atoms with E-state index < -0.39 is 0 Å². The van der Waals surface area contributed by atoms with Crippen LogP contribution in [0.2, 0.25) is 0 Å². The largest absolute Gasteiger partial charge is 0.494 e. The van der Waals surface area contributed by atoms with Crippen molar-refractivity contribution in [2.45, 2.75) is 20.3 Å². The molecule has 0 bridgehead atoms. The topological polar surface area (TPSA) is 64.3 Å². The molecule has 0 spiro atoms. The number of carbonyl (C=O) groups is 1. The summed E-state index contributed by atoms with van der Waals surface area (Å²) in [4.78, 5) is 11.6. The van der Waals surface area contributed by atoms with Crippen LogP contribution in [0.3, 0.4) is 0 Å². The maximum absolute atomic E-state index is 11.6. The number of nitrogens with one attached hydrogen (secondary N) is 1. The molecule has 0 aliphatic rings. The molecule has 4 heteroatoms. The first kappa shape index (κ1) is 13.5. The summed E-state index contributed by atoms with van der Waals surface area (Å²) < 4.78 is 5.45. The Bertz CT molecular complexity index is 349. The zero-order chi connectivity index (χ0) is 12.7. The second kappa shape index (κ2) is 6.91. The summed E-state index contributed by atoms with van der Waals surface area (Å²) in [6.07, 6.45) is 0.979. The lowest BCUT2D eigenvalue weighted by Crippen LogP contribution is -2.26. The Morgan fingerprint density at radius 2 is 2.06 bits per heavy atom.